The minimum atomic E-state index is -4.03. The molecule has 2 aromatic carbocycles. The van der Waals surface area contributed by atoms with E-state index >= 15 is 0 Å². The normalized spacial score (nSPS) is 17.2. The van der Waals surface area contributed by atoms with E-state index in [2.05, 4.69) is 15.4 Å². The van der Waals surface area contributed by atoms with Crippen LogP contribution in [0.2, 0.25) is 5.02 Å². The summed E-state index contributed by atoms with van der Waals surface area (Å²) in [5.41, 5.74) is 0.136. The lowest BCUT2D eigenvalue weighted by Gasteiger charge is -2.16. The fourth-order valence-corrected chi connectivity index (χ4v) is 4.17. The summed E-state index contributed by atoms with van der Waals surface area (Å²) in [5.74, 6) is -1.34. The van der Waals surface area contributed by atoms with Gasteiger partial charge in [0.15, 0.2) is 0 Å². The smallest absolute Gasteiger partial charge is 0.261 e. The zero-order valence-corrected chi connectivity index (χ0v) is 16.8. The molecule has 1 aliphatic heterocycles. The van der Waals surface area contributed by atoms with Gasteiger partial charge in [0.2, 0.25) is 5.91 Å². The van der Waals surface area contributed by atoms with Crippen molar-refractivity contribution in [1.82, 2.24) is 10.6 Å². The molecule has 0 saturated carbocycles. The van der Waals surface area contributed by atoms with Gasteiger partial charge in [0, 0.05) is 12.1 Å². The number of nitrogens with one attached hydrogen (secondary N) is 3. The Bertz CT molecular complexity index is 1030. The van der Waals surface area contributed by atoms with E-state index in [0.717, 1.165) is 37.1 Å². The van der Waals surface area contributed by atoms with Gasteiger partial charge in [-0.3, -0.25) is 14.3 Å². The van der Waals surface area contributed by atoms with Crippen molar-refractivity contribution in [1.29, 1.82) is 0 Å². The van der Waals surface area contributed by atoms with Gasteiger partial charge in [-0.2, -0.15) is 0 Å². The number of carbonyl (C=O) groups is 2. The summed E-state index contributed by atoms with van der Waals surface area (Å²) in [6.45, 7) is 0.571. The van der Waals surface area contributed by atoms with Crippen molar-refractivity contribution >= 4 is 39.1 Å². The Morgan fingerprint density at radius 2 is 1.86 bits per heavy atom. The van der Waals surface area contributed by atoms with Gasteiger partial charge in [0.05, 0.1) is 15.6 Å². The quantitative estimate of drug-likeness (QED) is 0.666. The molecule has 0 aliphatic carbocycles. The molecule has 3 N–H and O–H groups in total. The molecule has 1 aliphatic rings. The number of amides is 2. The topological polar surface area (TPSA) is 104 Å². The molecule has 7 nitrogen and oxygen atoms in total. The van der Waals surface area contributed by atoms with Crippen LogP contribution in [0.25, 0.3) is 0 Å². The molecular weight excluding hydrogens is 421 g/mol. The molecule has 3 rings (SSSR count). The van der Waals surface area contributed by atoms with Crippen molar-refractivity contribution in [2.45, 2.75) is 30.2 Å². The van der Waals surface area contributed by atoms with Crippen LogP contribution in [-0.4, -0.2) is 32.8 Å². The average Bonchev–Trinajstić information content (AvgIpc) is 2.88. The minimum absolute atomic E-state index is 0.00559. The number of anilines is 1. The first-order valence-electron chi connectivity index (χ1n) is 8.93. The van der Waals surface area contributed by atoms with Crippen molar-refractivity contribution in [3.05, 3.63) is 58.9 Å². The summed E-state index contributed by atoms with van der Waals surface area (Å²) in [5, 5.41) is 5.47. The molecule has 0 radical (unpaired) electrons. The van der Waals surface area contributed by atoms with E-state index in [4.69, 9.17) is 11.6 Å². The number of benzene rings is 2. The summed E-state index contributed by atoms with van der Waals surface area (Å²) in [4.78, 5) is 24.4. The zero-order valence-electron chi connectivity index (χ0n) is 15.2. The summed E-state index contributed by atoms with van der Waals surface area (Å²) in [6, 6.07) is 7.73. The molecular formula is C19H19ClFN3O4S. The molecule has 154 valence electrons. The van der Waals surface area contributed by atoms with Gasteiger partial charge in [0.25, 0.3) is 15.9 Å². The Labute approximate surface area is 172 Å². The van der Waals surface area contributed by atoms with E-state index < -0.39 is 27.8 Å². The van der Waals surface area contributed by atoms with E-state index in [0.29, 0.717) is 13.0 Å². The van der Waals surface area contributed by atoms with Crippen LogP contribution in [0.3, 0.4) is 0 Å². The highest BCUT2D eigenvalue weighted by Gasteiger charge is 2.24. The van der Waals surface area contributed by atoms with Crippen molar-refractivity contribution in [3.8, 4) is 0 Å². The lowest BCUT2D eigenvalue weighted by Crippen LogP contribution is -2.45. The average molecular weight is 440 g/mol. The Balaban J connectivity index is 1.79. The van der Waals surface area contributed by atoms with Gasteiger partial charge in [-0.25, -0.2) is 12.8 Å². The van der Waals surface area contributed by atoms with Gasteiger partial charge < -0.3 is 10.6 Å². The number of halogens is 2. The molecule has 1 unspecified atom stereocenters. The van der Waals surface area contributed by atoms with Crippen LogP contribution in [-0.2, 0) is 14.8 Å². The van der Waals surface area contributed by atoms with Crippen LogP contribution >= 0.6 is 11.6 Å². The second kappa shape index (κ2) is 8.79. The van der Waals surface area contributed by atoms with Crippen molar-refractivity contribution in [3.63, 3.8) is 0 Å². The maximum Gasteiger partial charge on any atom is 0.261 e. The highest BCUT2D eigenvalue weighted by atomic mass is 35.5. The SMILES string of the molecule is O=C(NC1CCCCNC1=O)c1ccc(Cl)c(NS(=O)(=O)c2ccc(F)cc2)c1. The highest BCUT2D eigenvalue weighted by molar-refractivity contribution is 7.92. The number of hydrogen-bond donors (Lipinski definition) is 3. The summed E-state index contributed by atoms with van der Waals surface area (Å²) in [6.07, 6.45) is 2.16. The number of carbonyl (C=O) groups excluding carboxylic acids is 2. The molecule has 0 spiro atoms. The standard InChI is InChI=1S/C19H19ClFN3O4S/c20-15-9-4-12(18(25)23-16-3-1-2-10-22-19(16)26)11-17(15)24-29(27,28)14-7-5-13(21)6-8-14/h4-9,11,16,24H,1-3,10H2,(H,22,26)(H,23,25). The molecule has 1 heterocycles. The maximum absolute atomic E-state index is 13.0. The third kappa shape index (κ3) is 5.24. The minimum Gasteiger partial charge on any atom is -0.354 e. The fraction of sp³-hybridized carbons (Fsp3) is 0.263. The van der Waals surface area contributed by atoms with Crippen molar-refractivity contribution in [2.75, 3.05) is 11.3 Å². The molecule has 29 heavy (non-hydrogen) atoms. The summed E-state index contributed by atoms with van der Waals surface area (Å²) < 4.78 is 40.3. The second-order valence-corrected chi connectivity index (χ2v) is 8.66. The third-order valence-electron chi connectivity index (χ3n) is 4.44. The van der Waals surface area contributed by atoms with Crippen LogP contribution in [0.1, 0.15) is 29.6 Å². The second-order valence-electron chi connectivity index (χ2n) is 6.57. The van der Waals surface area contributed by atoms with Crippen LogP contribution in [0.5, 0.6) is 0 Å². The van der Waals surface area contributed by atoms with Crippen LogP contribution in [0, 0.1) is 5.82 Å². The lowest BCUT2D eigenvalue weighted by molar-refractivity contribution is -0.122. The maximum atomic E-state index is 13.0. The zero-order chi connectivity index (χ0) is 21.0. The van der Waals surface area contributed by atoms with Crippen LogP contribution < -0.4 is 15.4 Å². The van der Waals surface area contributed by atoms with Gasteiger partial charge in [-0.1, -0.05) is 11.6 Å². The van der Waals surface area contributed by atoms with E-state index in [9.17, 15) is 22.4 Å². The molecule has 2 amide bonds. The predicted molar refractivity (Wildman–Crippen MR) is 107 cm³/mol. The largest absolute Gasteiger partial charge is 0.354 e. The van der Waals surface area contributed by atoms with E-state index in [-0.39, 0.29) is 27.1 Å². The predicted octanol–water partition coefficient (Wildman–Crippen LogP) is 2.68. The molecule has 1 atom stereocenters. The molecule has 0 bridgehead atoms. The number of hydrogen-bond acceptors (Lipinski definition) is 4. The Morgan fingerprint density at radius 3 is 2.59 bits per heavy atom. The Kier molecular flexibility index (Phi) is 6.39. The van der Waals surface area contributed by atoms with E-state index in [1.807, 2.05) is 0 Å². The molecule has 1 fully saturated rings. The van der Waals surface area contributed by atoms with Crippen molar-refractivity contribution in [2.24, 2.45) is 0 Å². The molecule has 2 aromatic rings. The summed E-state index contributed by atoms with van der Waals surface area (Å²) >= 11 is 6.07. The fourth-order valence-electron chi connectivity index (χ4n) is 2.88. The van der Waals surface area contributed by atoms with E-state index in [1.54, 1.807) is 0 Å². The monoisotopic (exact) mass is 439 g/mol. The first-order chi connectivity index (χ1) is 13.8. The first-order valence-corrected chi connectivity index (χ1v) is 10.8. The van der Waals surface area contributed by atoms with E-state index in [1.165, 1.54) is 18.2 Å². The first kappa shape index (κ1) is 21.1. The van der Waals surface area contributed by atoms with Gasteiger partial charge in [-0.15, -0.1) is 0 Å². The number of sulfonamides is 1. The van der Waals surface area contributed by atoms with Crippen LogP contribution in [0.4, 0.5) is 10.1 Å². The highest BCUT2D eigenvalue weighted by Crippen LogP contribution is 2.26. The molecule has 1 saturated heterocycles. The van der Waals surface area contributed by atoms with Gasteiger partial charge in [-0.05, 0) is 61.7 Å². The van der Waals surface area contributed by atoms with Gasteiger partial charge in [0.1, 0.15) is 11.9 Å². The molecule has 0 aromatic heterocycles. The Hall–Kier alpha value is -2.65. The number of rotatable bonds is 5. The molecule has 10 heteroatoms. The Morgan fingerprint density at radius 1 is 1.14 bits per heavy atom. The van der Waals surface area contributed by atoms with Gasteiger partial charge >= 0.3 is 0 Å². The lowest BCUT2D eigenvalue weighted by atomic mass is 10.1. The van der Waals surface area contributed by atoms with Crippen LogP contribution in [0.15, 0.2) is 47.4 Å². The third-order valence-corrected chi connectivity index (χ3v) is 6.15. The van der Waals surface area contributed by atoms with Crippen molar-refractivity contribution < 1.29 is 22.4 Å². The summed E-state index contributed by atoms with van der Waals surface area (Å²) in [7, 11) is -4.03.